The fourth-order valence-electron chi connectivity index (χ4n) is 2.75. The third kappa shape index (κ3) is 4.92. The number of aliphatic hydroxyl groups is 1. The minimum atomic E-state index is -0.280. The topological polar surface area (TPSA) is 52.6 Å². The van der Waals surface area contributed by atoms with Gasteiger partial charge in [-0.1, -0.05) is 19.1 Å². The van der Waals surface area contributed by atoms with Crippen LogP contribution in [0, 0.1) is 5.92 Å². The maximum absolute atomic E-state index is 12.3. The molecule has 1 unspecified atom stereocenters. The fourth-order valence-corrected chi connectivity index (χ4v) is 3.37. The van der Waals surface area contributed by atoms with E-state index in [0.29, 0.717) is 19.0 Å². The van der Waals surface area contributed by atoms with Crippen molar-refractivity contribution in [2.24, 2.45) is 5.92 Å². The molecule has 4 nitrogen and oxygen atoms in total. The molecule has 5 heteroatoms. The molecule has 2 amide bonds. The molecule has 0 bridgehead atoms. The Morgan fingerprint density at radius 1 is 1.45 bits per heavy atom. The van der Waals surface area contributed by atoms with Gasteiger partial charge in [0.2, 0.25) is 0 Å². The zero-order chi connectivity index (χ0) is 15.9. The van der Waals surface area contributed by atoms with Crippen LogP contribution in [0.4, 0.5) is 10.5 Å². The Hall–Kier alpha value is -1.20. The number of nitrogens with one attached hydrogen (secondary N) is 1. The van der Waals surface area contributed by atoms with E-state index in [9.17, 15) is 9.90 Å². The van der Waals surface area contributed by atoms with Crippen LogP contribution in [0.2, 0.25) is 0 Å². The van der Waals surface area contributed by atoms with Crippen molar-refractivity contribution in [2.45, 2.75) is 38.5 Å². The normalized spacial score (nSPS) is 17.3. The Morgan fingerprint density at radius 2 is 2.18 bits per heavy atom. The van der Waals surface area contributed by atoms with Crippen LogP contribution >= 0.6 is 11.8 Å². The summed E-state index contributed by atoms with van der Waals surface area (Å²) in [6.45, 7) is 5.41. The molecule has 1 atom stereocenters. The van der Waals surface area contributed by atoms with Crippen LogP contribution in [0.5, 0.6) is 0 Å². The van der Waals surface area contributed by atoms with E-state index in [-0.39, 0.29) is 12.1 Å². The SMILES string of the molecule is CCSCc1cccc(NC(=O)N2CCC(C(C)O)CC2)c1. The van der Waals surface area contributed by atoms with Gasteiger partial charge in [-0.05, 0) is 49.1 Å². The van der Waals surface area contributed by atoms with Gasteiger partial charge in [0.05, 0.1) is 6.10 Å². The molecule has 1 aromatic carbocycles. The van der Waals surface area contributed by atoms with Crippen LogP contribution < -0.4 is 5.32 Å². The molecule has 0 aromatic heterocycles. The summed E-state index contributed by atoms with van der Waals surface area (Å²) in [5, 5.41) is 12.6. The standard InChI is InChI=1S/C17H26N2O2S/c1-3-22-12-14-5-4-6-16(11-14)18-17(21)19-9-7-15(8-10-19)13(2)20/h4-6,11,13,15,20H,3,7-10,12H2,1-2H3,(H,18,21). The summed E-state index contributed by atoms with van der Waals surface area (Å²) in [4.78, 5) is 14.2. The Morgan fingerprint density at radius 3 is 2.82 bits per heavy atom. The second-order valence-electron chi connectivity index (χ2n) is 5.83. The van der Waals surface area contributed by atoms with Crippen LogP contribution in [0.1, 0.15) is 32.3 Å². The van der Waals surface area contributed by atoms with Crippen molar-refractivity contribution >= 4 is 23.5 Å². The summed E-state index contributed by atoms with van der Waals surface area (Å²) in [7, 11) is 0. The maximum Gasteiger partial charge on any atom is 0.321 e. The number of anilines is 1. The van der Waals surface area contributed by atoms with E-state index in [4.69, 9.17) is 0 Å². The van der Waals surface area contributed by atoms with Crippen LogP contribution in [0.3, 0.4) is 0 Å². The molecule has 0 saturated carbocycles. The van der Waals surface area contributed by atoms with E-state index < -0.39 is 0 Å². The average molecular weight is 322 g/mol. The number of aliphatic hydroxyl groups excluding tert-OH is 1. The number of carbonyl (C=O) groups is 1. The lowest BCUT2D eigenvalue weighted by Gasteiger charge is -2.33. The zero-order valence-electron chi connectivity index (χ0n) is 13.4. The van der Waals surface area contributed by atoms with Gasteiger partial charge in [0.25, 0.3) is 0 Å². The highest BCUT2D eigenvalue weighted by molar-refractivity contribution is 7.98. The van der Waals surface area contributed by atoms with Crippen LogP contribution in [0.25, 0.3) is 0 Å². The molecule has 1 aromatic rings. The quantitative estimate of drug-likeness (QED) is 0.871. The smallest absolute Gasteiger partial charge is 0.321 e. The first kappa shape index (κ1) is 17.2. The molecule has 1 saturated heterocycles. The average Bonchev–Trinajstić information content (AvgIpc) is 2.53. The number of likely N-dealkylation sites (tertiary alicyclic amines) is 1. The first-order valence-corrected chi connectivity index (χ1v) is 9.16. The first-order chi connectivity index (χ1) is 10.6. The molecule has 0 spiro atoms. The zero-order valence-corrected chi connectivity index (χ0v) is 14.2. The molecule has 1 fully saturated rings. The predicted molar refractivity (Wildman–Crippen MR) is 93.3 cm³/mol. The molecule has 1 heterocycles. The molecule has 22 heavy (non-hydrogen) atoms. The van der Waals surface area contributed by atoms with Crippen molar-refractivity contribution in [1.29, 1.82) is 0 Å². The third-order valence-corrected chi connectivity index (χ3v) is 5.11. The van der Waals surface area contributed by atoms with Gasteiger partial charge in [-0.15, -0.1) is 0 Å². The van der Waals surface area contributed by atoms with Crippen molar-refractivity contribution in [3.8, 4) is 0 Å². The van der Waals surface area contributed by atoms with Crippen molar-refractivity contribution in [2.75, 3.05) is 24.2 Å². The van der Waals surface area contributed by atoms with Gasteiger partial charge in [0.15, 0.2) is 0 Å². The molecular formula is C17H26N2O2S. The van der Waals surface area contributed by atoms with Crippen molar-refractivity contribution < 1.29 is 9.90 Å². The summed E-state index contributed by atoms with van der Waals surface area (Å²) in [6.07, 6.45) is 1.47. The van der Waals surface area contributed by atoms with Crippen molar-refractivity contribution in [3.05, 3.63) is 29.8 Å². The fraction of sp³-hybridized carbons (Fsp3) is 0.588. The molecule has 1 aliphatic heterocycles. The van der Waals surface area contributed by atoms with Gasteiger partial charge < -0.3 is 15.3 Å². The number of nitrogens with zero attached hydrogens (tertiary/aromatic N) is 1. The highest BCUT2D eigenvalue weighted by atomic mass is 32.2. The van der Waals surface area contributed by atoms with E-state index >= 15 is 0 Å². The molecule has 2 N–H and O–H groups in total. The summed E-state index contributed by atoms with van der Waals surface area (Å²) in [5.74, 6) is 2.38. The van der Waals surface area contributed by atoms with Crippen molar-refractivity contribution in [1.82, 2.24) is 4.90 Å². The molecule has 0 radical (unpaired) electrons. The Balaban J connectivity index is 1.87. The second kappa shape index (κ2) is 8.44. The van der Waals surface area contributed by atoms with Gasteiger partial charge in [-0.2, -0.15) is 11.8 Å². The van der Waals surface area contributed by atoms with Gasteiger partial charge in [-0.3, -0.25) is 0 Å². The van der Waals surface area contributed by atoms with Gasteiger partial charge in [0.1, 0.15) is 0 Å². The highest BCUT2D eigenvalue weighted by Crippen LogP contribution is 2.22. The highest BCUT2D eigenvalue weighted by Gasteiger charge is 2.25. The molecule has 122 valence electrons. The van der Waals surface area contributed by atoms with Crippen LogP contribution in [-0.2, 0) is 5.75 Å². The number of amides is 2. The monoisotopic (exact) mass is 322 g/mol. The number of hydrogen-bond donors (Lipinski definition) is 2. The summed E-state index contributed by atoms with van der Waals surface area (Å²) >= 11 is 1.87. The Labute approximate surface area is 137 Å². The number of urea groups is 1. The largest absolute Gasteiger partial charge is 0.393 e. The van der Waals surface area contributed by atoms with Gasteiger partial charge in [-0.25, -0.2) is 4.79 Å². The van der Waals surface area contributed by atoms with Gasteiger partial charge >= 0.3 is 6.03 Å². The van der Waals surface area contributed by atoms with Crippen LogP contribution in [-0.4, -0.2) is 41.0 Å². The summed E-state index contributed by atoms with van der Waals surface area (Å²) in [5.41, 5.74) is 2.09. The second-order valence-corrected chi connectivity index (χ2v) is 7.11. The predicted octanol–water partition coefficient (Wildman–Crippen LogP) is 3.56. The molecule has 0 aliphatic carbocycles. The van der Waals surface area contributed by atoms with Crippen LogP contribution in [0.15, 0.2) is 24.3 Å². The number of piperidine rings is 1. The number of hydrogen-bond acceptors (Lipinski definition) is 3. The van der Waals surface area contributed by atoms with E-state index in [1.165, 1.54) is 5.56 Å². The molecule has 2 rings (SSSR count). The number of thioether (sulfide) groups is 1. The minimum absolute atomic E-state index is 0.0377. The lowest BCUT2D eigenvalue weighted by molar-refractivity contribution is 0.0820. The lowest BCUT2D eigenvalue weighted by atomic mass is 9.92. The van der Waals surface area contributed by atoms with E-state index in [0.717, 1.165) is 30.0 Å². The lowest BCUT2D eigenvalue weighted by Crippen LogP contribution is -2.42. The summed E-state index contributed by atoms with van der Waals surface area (Å²) in [6, 6.07) is 8.01. The van der Waals surface area contributed by atoms with Gasteiger partial charge in [0, 0.05) is 24.5 Å². The number of rotatable bonds is 5. The number of carbonyl (C=O) groups excluding carboxylic acids is 1. The van der Waals surface area contributed by atoms with Crippen molar-refractivity contribution in [3.63, 3.8) is 0 Å². The maximum atomic E-state index is 12.3. The minimum Gasteiger partial charge on any atom is -0.393 e. The van der Waals surface area contributed by atoms with E-state index in [2.05, 4.69) is 18.3 Å². The number of benzene rings is 1. The van der Waals surface area contributed by atoms with E-state index in [1.54, 1.807) is 0 Å². The molecule has 1 aliphatic rings. The Bertz CT molecular complexity index is 485. The summed E-state index contributed by atoms with van der Waals surface area (Å²) < 4.78 is 0. The molecular weight excluding hydrogens is 296 g/mol. The first-order valence-electron chi connectivity index (χ1n) is 8.00. The van der Waals surface area contributed by atoms with E-state index in [1.807, 2.05) is 41.8 Å². The third-order valence-electron chi connectivity index (χ3n) is 4.16. The Kier molecular flexibility index (Phi) is 6.58.